The van der Waals surface area contributed by atoms with E-state index in [1.165, 1.54) is 11.3 Å². The van der Waals surface area contributed by atoms with Gasteiger partial charge in [0.15, 0.2) is 0 Å². The Bertz CT molecular complexity index is 1070. The number of hydrogen-bond donors (Lipinski definition) is 2. The lowest BCUT2D eigenvalue weighted by atomic mass is 10.0. The molecule has 4 heterocycles. The van der Waals surface area contributed by atoms with Crippen molar-refractivity contribution in [2.75, 3.05) is 32.8 Å². The molecule has 0 aliphatic carbocycles. The second-order valence-electron chi connectivity index (χ2n) is 6.69. The number of carbonyl (C=O) groups excluding carboxylic acids is 2. The molecule has 3 aromatic heterocycles. The number of nitrogens with one attached hydrogen (secondary N) is 1. The Morgan fingerprint density at radius 2 is 2.27 bits per heavy atom. The summed E-state index contributed by atoms with van der Waals surface area (Å²) >= 11 is 2.39. The summed E-state index contributed by atoms with van der Waals surface area (Å²) in [6, 6.07) is 3.72. The van der Waals surface area contributed by atoms with E-state index < -0.39 is 6.10 Å². The van der Waals surface area contributed by atoms with E-state index in [9.17, 15) is 9.59 Å². The number of morpholine rings is 1. The van der Waals surface area contributed by atoms with Gasteiger partial charge in [0, 0.05) is 30.2 Å². The van der Waals surface area contributed by atoms with Crippen molar-refractivity contribution in [2.24, 2.45) is 0 Å². The fourth-order valence-corrected chi connectivity index (χ4v) is 5.27. The number of ether oxygens (including phenoxy) is 1. The van der Waals surface area contributed by atoms with Crippen LogP contribution in [0.4, 0.5) is 0 Å². The second-order valence-corrected chi connectivity index (χ2v) is 8.45. The van der Waals surface area contributed by atoms with E-state index in [1.54, 1.807) is 11.1 Å². The van der Waals surface area contributed by atoms with Gasteiger partial charge < -0.3 is 20.1 Å². The molecule has 2 N–H and O–H groups in total. The maximum atomic E-state index is 13.1. The van der Waals surface area contributed by atoms with Gasteiger partial charge in [0.1, 0.15) is 20.7 Å². The number of carbonyl (C=O) groups is 2. The first-order chi connectivity index (χ1) is 14.6. The molecule has 1 atom stereocenters. The summed E-state index contributed by atoms with van der Waals surface area (Å²) in [6.45, 7) is 3.10. The number of aliphatic hydroxyl groups excluding tert-OH is 1. The van der Waals surface area contributed by atoms with Crippen molar-refractivity contribution in [2.45, 2.75) is 19.4 Å². The maximum absolute atomic E-state index is 13.1. The normalized spacial score (nSPS) is 16.7. The minimum Gasteiger partial charge on any atom is -0.395 e. The molecule has 4 rings (SSSR count). The van der Waals surface area contributed by atoms with E-state index in [0.717, 1.165) is 27.3 Å². The van der Waals surface area contributed by atoms with Gasteiger partial charge in [-0.25, -0.2) is 4.98 Å². The Morgan fingerprint density at radius 3 is 3.07 bits per heavy atom. The van der Waals surface area contributed by atoms with Crippen LogP contribution in [0.5, 0.6) is 0 Å². The van der Waals surface area contributed by atoms with E-state index in [4.69, 9.17) is 9.84 Å². The summed E-state index contributed by atoms with van der Waals surface area (Å²) < 4.78 is 9.93. The molecule has 2 amide bonds. The van der Waals surface area contributed by atoms with Crippen LogP contribution in [-0.4, -0.2) is 69.2 Å². The fraction of sp³-hybridized carbons (Fsp3) is 0.421. The highest BCUT2D eigenvalue weighted by molar-refractivity contribution is 7.20. The molecule has 1 saturated heterocycles. The van der Waals surface area contributed by atoms with Gasteiger partial charge in [0.2, 0.25) is 0 Å². The Hall–Kier alpha value is -2.47. The van der Waals surface area contributed by atoms with Crippen molar-refractivity contribution < 1.29 is 19.4 Å². The van der Waals surface area contributed by atoms with Gasteiger partial charge in [-0.2, -0.15) is 0 Å². The van der Waals surface area contributed by atoms with E-state index in [2.05, 4.69) is 19.9 Å². The largest absolute Gasteiger partial charge is 0.395 e. The lowest BCUT2D eigenvalue weighted by Crippen LogP contribution is -2.42. The fourth-order valence-electron chi connectivity index (χ4n) is 3.44. The first-order valence-electron chi connectivity index (χ1n) is 9.62. The summed E-state index contributed by atoms with van der Waals surface area (Å²) in [5.41, 5.74) is 1.43. The van der Waals surface area contributed by atoms with Crippen LogP contribution >= 0.6 is 22.9 Å². The predicted octanol–water partition coefficient (Wildman–Crippen LogP) is 1.65. The SMILES string of the molecule is CCc1nnsc1C(=O)N1CCO[C@H](c2c(C(=O)NCCO)sc3ncccc23)C1. The standard InChI is InChI=1S/C19H21N5O4S2/c1-2-12-15(30-23-22-12)19(27)24-7-9-28-13(10-24)14-11-4-3-5-21-18(11)29-16(14)17(26)20-6-8-25/h3-5,13,25H,2,6-10H2,1H3,(H,20,26)/t13-/m0/s1. The quantitative estimate of drug-likeness (QED) is 0.590. The van der Waals surface area contributed by atoms with E-state index in [-0.39, 0.29) is 25.0 Å². The average molecular weight is 448 g/mol. The van der Waals surface area contributed by atoms with Crippen molar-refractivity contribution in [3.63, 3.8) is 0 Å². The van der Waals surface area contributed by atoms with Crippen LogP contribution in [0.3, 0.4) is 0 Å². The molecule has 158 valence electrons. The zero-order valence-corrected chi connectivity index (χ0v) is 18.0. The molecule has 0 bridgehead atoms. The predicted molar refractivity (Wildman–Crippen MR) is 113 cm³/mol. The van der Waals surface area contributed by atoms with Crippen LogP contribution in [0, 0.1) is 0 Å². The number of aliphatic hydroxyl groups is 1. The summed E-state index contributed by atoms with van der Waals surface area (Å²) in [7, 11) is 0. The first kappa shape index (κ1) is 20.8. The summed E-state index contributed by atoms with van der Waals surface area (Å²) in [5.74, 6) is -0.395. The Labute approximate surface area is 180 Å². The molecule has 9 nitrogen and oxygen atoms in total. The van der Waals surface area contributed by atoms with E-state index in [1.807, 2.05) is 19.1 Å². The number of hydrogen-bond acceptors (Lipinski definition) is 9. The number of fused-ring (bicyclic) bond motifs is 1. The number of pyridine rings is 1. The zero-order chi connectivity index (χ0) is 21.1. The Balaban J connectivity index is 1.66. The summed E-state index contributed by atoms with van der Waals surface area (Å²) in [4.78, 5) is 33.7. The topological polar surface area (TPSA) is 118 Å². The van der Waals surface area contributed by atoms with Crippen LogP contribution in [-0.2, 0) is 11.2 Å². The van der Waals surface area contributed by atoms with Gasteiger partial charge in [-0.3, -0.25) is 9.59 Å². The molecule has 0 aromatic carbocycles. The minimum absolute atomic E-state index is 0.112. The van der Waals surface area contributed by atoms with Crippen molar-refractivity contribution >= 4 is 44.9 Å². The number of aryl methyl sites for hydroxylation is 1. The van der Waals surface area contributed by atoms with Crippen LogP contribution in [0.1, 0.15) is 43.6 Å². The second kappa shape index (κ2) is 9.13. The van der Waals surface area contributed by atoms with Gasteiger partial charge in [-0.15, -0.1) is 16.4 Å². The third kappa shape index (κ3) is 3.93. The maximum Gasteiger partial charge on any atom is 0.267 e. The molecular weight excluding hydrogens is 426 g/mol. The molecule has 1 fully saturated rings. The molecule has 30 heavy (non-hydrogen) atoms. The van der Waals surface area contributed by atoms with Crippen LogP contribution in [0.15, 0.2) is 18.3 Å². The highest BCUT2D eigenvalue weighted by Crippen LogP contribution is 2.37. The molecule has 11 heteroatoms. The number of rotatable bonds is 6. The van der Waals surface area contributed by atoms with Crippen LogP contribution in [0.2, 0.25) is 0 Å². The van der Waals surface area contributed by atoms with Crippen molar-refractivity contribution in [3.05, 3.63) is 39.3 Å². The molecule has 0 radical (unpaired) electrons. The minimum atomic E-state index is -0.457. The van der Waals surface area contributed by atoms with Crippen LogP contribution < -0.4 is 5.32 Å². The third-order valence-electron chi connectivity index (χ3n) is 4.87. The molecule has 0 unspecified atom stereocenters. The average Bonchev–Trinajstić information content (AvgIpc) is 3.41. The van der Waals surface area contributed by atoms with Crippen LogP contribution in [0.25, 0.3) is 10.2 Å². The Kier molecular flexibility index (Phi) is 6.32. The number of thiophene rings is 1. The van der Waals surface area contributed by atoms with Crippen molar-refractivity contribution in [3.8, 4) is 0 Å². The molecule has 0 spiro atoms. The van der Waals surface area contributed by atoms with Gasteiger partial charge >= 0.3 is 0 Å². The lowest BCUT2D eigenvalue weighted by molar-refractivity contribution is -0.0221. The third-order valence-corrected chi connectivity index (χ3v) is 6.75. The number of aromatic nitrogens is 3. The van der Waals surface area contributed by atoms with Crippen molar-refractivity contribution in [1.29, 1.82) is 0 Å². The van der Waals surface area contributed by atoms with Gasteiger partial charge in [0.25, 0.3) is 11.8 Å². The summed E-state index contributed by atoms with van der Waals surface area (Å²) in [5, 5.41) is 16.6. The molecule has 0 saturated carbocycles. The van der Waals surface area contributed by atoms with E-state index >= 15 is 0 Å². The smallest absolute Gasteiger partial charge is 0.267 e. The molecule has 1 aliphatic rings. The first-order valence-corrected chi connectivity index (χ1v) is 11.2. The van der Waals surface area contributed by atoms with Gasteiger partial charge in [-0.1, -0.05) is 17.5 Å². The monoisotopic (exact) mass is 447 g/mol. The molecule has 3 aromatic rings. The highest BCUT2D eigenvalue weighted by atomic mass is 32.1. The summed E-state index contributed by atoms with van der Waals surface area (Å²) in [6.07, 6.45) is 1.86. The molecular formula is C19H21N5O4S2. The van der Waals surface area contributed by atoms with Gasteiger partial charge in [-0.05, 0) is 24.0 Å². The van der Waals surface area contributed by atoms with E-state index in [0.29, 0.717) is 41.6 Å². The zero-order valence-electron chi connectivity index (χ0n) is 16.3. The van der Waals surface area contributed by atoms with Crippen molar-refractivity contribution in [1.82, 2.24) is 24.8 Å². The number of nitrogens with zero attached hydrogens (tertiary/aromatic N) is 4. The molecule has 1 aliphatic heterocycles. The Morgan fingerprint density at radius 1 is 1.40 bits per heavy atom. The number of amides is 2. The lowest BCUT2D eigenvalue weighted by Gasteiger charge is -2.33. The van der Waals surface area contributed by atoms with Gasteiger partial charge in [0.05, 0.1) is 25.5 Å². The highest BCUT2D eigenvalue weighted by Gasteiger charge is 2.33.